The van der Waals surface area contributed by atoms with Crippen LogP contribution in [0.25, 0.3) is 11.1 Å². The van der Waals surface area contributed by atoms with E-state index in [1.165, 1.54) is 40.8 Å². The van der Waals surface area contributed by atoms with Gasteiger partial charge in [-0.3, -0.25) is 0 Å². The van der Waals surface area contributed by atoms with Gasteiger partial charge in [-0.05, 0) is 53.3 Å². The smallest absolute Gasteiger partial charge is 0.122 e. The summed E-state index contributed by atoms with van der Waals surface area (Å²) >= 11 is 0. The maximum absolute atomic E-state index is 5.57. The third-order valence-corrected chi connectivity index (χ3v) is 4.07. The summed E-state index contributed by atoms with van der Waals surface area (Å²) in [4.78, 5) is 0. The SMILES string of the molecule is c1cc2c(cc1-c1ccc3c(c1)NCCC3)CCO2. The van der Waals surface area contributed by atoms with Gasteiger partial charge in [-0.2, -0.15) is 0 Å². The van der Waals surface area contributed by atoms with Crippen molar-refractivity contribution < 1.29 is 4.74 Å². The predicted molar refractivity (Wildman–Crippen MR) is 77.9 cm³/mol. The van der Waals surface area contributed by atoms with Gasteiger partial charge in [0.15, 0.2) is 0 Å². The van der Waals surface area contributed by atoms with E-state index in [-0.39, 0.29) is 0 Å². The highest BCUT2D eigenvalue weighted by Crippen LogP contribution is 2.33. The lowest BCUT2D eigenvalue weighted by atomic mass is 9.96. The number of nitrogens with one attached hydrogen (secondary N) is 1. The van der Waals surface area contributed by atoms with Crippen LogP contribution in [0.4, 0.5) is 5.69 Å². The van der Waals surface area contributed by atoms with Crippen molar-refractivity contribution in [3.8, 4) is 16.9 Å². The minimum Gasteiger partial charge on any atom is -0.493 e. The zero-order valence-electron chi connectivity index (χ0n) is 10.9. The molecule has 2 nitrogen and oxygen atoms in total. The second kappa shape index (κ2) is 4.30. The summed E-state index contributed by atoms with van der Waals surface area (Å²) in [6.07, 6.45) is 3.47. The van der Waals surface area contributed by atoms with Crippen molar-refractivity contribution in [1.82, 2.24) is 0 Å². The number of hydrogen-bond donors (Lipinski definition) is 1. The van der Waals surface area contributed by atoms with Gasteiger partial charge in [0.25, 0.3) is 0 Å². The molecule has 0 radical (unpaired) electrons. The molecule has 0 aromatic heterocycles. The molecule has 0 fully saturated rings. The van der Waals surface area contributed by atoms with Gasteiger partial charge in [-0.15, -0.1) is 0 Å². The first-order valence-corrected chi connectivity index (χ1v) is 7.03. The highest BCUT2D eigenvalue weighted by molar-refractivity contribution is 5.72. The van der Waals surface area contributed by atoms with Crippen molar-refractivity contribution in [2.24, 2.45) is 0 Å². The molecule has 2 aromatic rings. The van der Waals surface area contributed by atoms with Gasteiger partial charge in [-0.1, -0.05) is 18.2 Å². The van der Waals surface area contributed by atoms with Crippen LogP contribution in [-0.2, 0) is 12.8 Å². The molecule has 2 heterocycles. The number of fused-ring (bicyclic) bond motifs is 2. The lowest BCUT2D eigenvalue weighted by Gasteiger charge is -2.19. The fraction of sp³-hybridized carbons (Fsp3) is 0.294. The topological polar surface area (TPSA) is 21.3 Å². The molecule has 2 aliphatic rings. The summed E-state index contributed by atoms with van der Waals surface area (Å²) in [5, 5.41) is 3.50. The minimum atomic E-state index is 0.824. The summed E-state index contributed by atoms with van der Waals surface area (Å²) in [7, 11) is 0. The molecule has 0 bridgehead atoms. The molecule has 1 N–H and O–H groups in total. The molecule has 0 saturated carbocycles. The summed E-state index contributed by atoms with van der Waals surface area (Å²) < 4.78 is 5.57. The molecular weight excluding hydrogens is 234 g/mol. The first kappa shape index (κ1) is 10.9. The average Bonchev–Trinajstić information content (AvgIpc) is 2.94. The lowest BCUT2D eigenvalue weighted by Crippen LogP contribution is -2.11. The van der Waals surface area contributed by atoms with Crippen LogP contribution in [0.15, 0.2) is 36.4 Å². The molecular formula is C17H17NO. The standard InChI is InChI=1S/C17H17NO/c1-2-12-3-4-14(11-16(12)18-8-1)13-5-6-17-15(10-13)7-9-19-17/h3-6,10-11,18H,1-2,7-9H2. The van der Waals surface area contributed by atoms with Crippen LogP contribution in [-0.4, -0.2) is 13.2 Å². The molecule has 0 unspecified atom stereocenters. The predicted octanol–water partition coefficient (Wildman–Crippen LogP) is 3.65. The van der Waals surface area contributed by atoms with Crippen molar-refractivity contribution in [3.05, 3.63) is 47.5 Å². The number of ether oxygens (including phenoxy) is 1. The van der Waals surface area contributed by atoms with Gasteiger partial charge in [0.2, 0.25) is 0 Å². The van der Waals surface area contributed by atoms with E-state index in [1.54, 1.807) is 0 Å². The number of anilines is 1. The summed E-state index contributed by atoms with van der Waals surface area (Å²) in [5.41, 5.74) is 6.67. The summed E-state index contributed by atoms with van der Waals surface area (Å²) in [6, 6.07) is 13.3. The molecule has 96 valence electrons. The molecule has 0 amide bonds. The first-order chi connectivity index (χ1) is 9.40. The van der Waals surface area contributed by atoms with Crippen LogP contribution < -0.4 is 10.1 Å². The molecule has 2 aromatic carbocycles. The van der Waals surface area contributed by atoms with Crippen LogP contribution in [0.2, 0.25) is 0 Å². The molecule has 0 saturated heterocycles. The number of hydrogen-bond acceptors (Lipinski definition) is 2. The van der Waals surface area contributed by atoms with E-state index >= 15 is 0 Å². The second-order valence-corrected chi connectivity index (χ2v) is 5.32. The zero-order chi connectivity index (χ0) is 12.7. The van der Waals surface area contributed by atoms with E-state index in [0.717, 1.165) is 25.3 Å². The van der Waals surface area contributed by atoms with Gasteiger partial charge < -0.3 is 10.1 Å². The van der Waals surface area contributed by atoms with Crippen LogP contribution in [0.1, 0.15) is 17.5 Å². The van der Waals surface area contributed by atoms with Gasteiger partial charge in [-0.25, -0.2) is 0 Å². The lowest BCUT2D eigenvalue weighted by molar-refractivity contribution is 0.357. The molecule has 2 heteroatoms. The Labute approximate surface area is 113 Å². The maximum atomic E-state index is 5.57. The van der Waals surface area contributed by atoms with Crippen LogP contribution >= 0.6 is 0 Å². The van der Waals surface area contributed by atoms with E-state index < -0.39 is 0 Å². The normalized spacial score (nSPS) is 16.2. The largest absolute Gasteiger partial charge is 0.493 e. The number of aryl methyl sites for hydroxylation is 1. The summed E-state index contributed by atoms with van der Waals surface area (Å²) in [6.45, 7) is 1.92. The molecule has 19 heavy (non-hydrogen) atoms. The molecule has 2 aliphatic heterocycles. The van der Waals surface area contributed by atoms with Gasteiger partial charge in [0, 0.05) is 18.7 Å². The first-order valence-electron chi connectivity index (χ1n) is 7.03. The van der Waals surface area contributed by atoms with E-state index in [0.29, 0.717) is 0 Å². The highest BCUT2D eigenvalue weighted by Gasteiger charge is 2.14. The second-order valence-electron chi connectivity index (χ2n) is 5.32. The Morgan fingerprint density at radius 3 is 2.79 bits per heavy atom. The van der Waals surface area contributed by atoms with Crippen molar-refractivity contribution in [3.63, 3.8) is 0 Å². The Bertz CT molecular complexity index is 633. The average molecular weight is 251 g/mol. The molecule has 0 spiro atoms. The minimum absolute atomic E-state index is 0.824. The Balaban J connectivity index is 1.76. The fourth-order valence-corrected chi connectivity index (χ4v) is 3.01. The van der Waals surface area contributed by atoms with Crippen molar-refractivity contribution in [2.75, 3.05) is 18.5 Å². The van der Waals surface area contributed by atoms with Crippen LogP contribution in [0, 0.1) is 0 Å². The Hall–Kier alpha value is -1.96. The van der Waals surface area contributed by atoms with Crippen molar-refractivity contribution in [1.29, 1.82) is 0 Å². The molecule has 4 rings (SSSR count). The Morgan fingerprint density at radius 2 is 1.79 bits per heavy atom. The van der Waals surface area contributed by atoms with Crippen molar-refractivity contribution in [2.45, 2.75) is 19.3 Å². The van der Waals surface area contributed by atoms with Gasteiger partial charge >= 0.3 is 0 Å². The third-order valence-electron chi connectivity index (χ3n) is 4.07. The number of benzene rings is 2. The van der Waals surface area contributed by atoms with E-state index in [1.807, 2.05) is 0 Å². The zero-order valence-corrected chi connectivity index (χ0v) is 10.9. The van der Waals surface area contributed by atoms with Gasteiger partial charge in [0.1, 0.15) is 5.75 Å². The fourth-order valence-electron chi connectivity index (χ4n) is 3.01. The third kappa shape index (κ3) is 1.88. The summed E-state index contributed by atoms with van der Waals surface area (Å²) in [5.74, 6) is 1.06. The van der Waals surface area contributed by atoms with E-state index in [2.05, 4.69) is 41.7 Å². The van der Waals surface area contributed by atoms with Crippen molar-refractivity contribution >= 4 is 5.69 Å². The monoisotopic (exact) mass is 251 g/mol. The van der Waals surface area contributed by atoms with Gasteiger partial charge in [0.05, 0.1) is 6.61 Å². The van der Waals surface area contributed by atoms with Crippen LogP contribution in [0.3, 0.4) is 0 Å². The molecule has 0 aliphatic carbocycles. The number of rotatable bonds is 1. The Morgan fingerprint density at radius 1 is 0.895 bits per heavy atom. The highest BCUT2D eigenvalue weighted by atomic mass is 16.5. The molecule has 0 atom stereocenters. The van der Waals surface area contributed by atoms with E-state index in [9.17, 15) is 0 Å². The maximum Gasteiger partial charge on any atom is 0.122 e. The Kier molecular flexibility index (Phi) is 2.47. The van der Waals surface area contributed by atoms with E-state index in [4.69, 9.17) is 4.74 Å². The van der Waals surface area contributed by atoms with Crippen LogP contribution in [0.5, 0.6) is 5.75 Å². The quantitative estimate of drug-likeness (QED) is 0.835.